The van der Waals surface area contributed by atoms with E-state index in [-0.39, 0.29) is 12.5 Å². The number of rotatable bonds is 7. The maximum Gasteiger partial charge on any atom is 0.416 e. The van der Waals surface area contributed by atoms with Gasteiger partial charge in [-0.2, -0.15) is 26.3 Å². The van der Waals surface area contributed by atoms with Crippen molar-refractivity contribution < 1.29 is 31.1 Å². The second kappa shape index (κ2) is 9.29. The number of carbonyl (C=O) groups is 1. The molecule has 34 heavy (non-hydrogen) atoms. The number of anilines is 1. The largest absolute Gasteiger partial charge is 0.416 e. The molecule has 180 valence electrons. The average Bonchev–Trinajstić information content (AvgIpc) is 3.60. The zero-order chi connectivity index (χ0) is 24.5. The molecule has 3 nitrogen and oxygen atoms in total. The van der Waals surface area contributed by atoms with Crippen LogP contribution in [0.1, 0.15) is 36.0 Å². The highest BCUT2D eigenvalue weighted by Crippen LogP contribution is 2.37. The molecule has 0 aromatic heterocycles. The Morgan fingerprint density at radius 3 is 2.12 bits per heavy atom. The maximum atomic E-state index is 13.1. The summed E-state index contributed by atoms with van der Waals surface area (Å²) in [5, 5.41) is 4.41. The summed E-state index contributed by atoms with van der Waals surface area (Å²) in [7, 11) is 0. The number of hydrogen-bond donors (Lipinski definition) is 1. The molecule has 0 radical (unpaired) electrons. The van der Waals surface area contributed by atoms with Crippen molar-refractivity contribution in [2.45, 2.75) is 44.2 Å². The second-order valence-corrected chi connectivity index (χ2v) is 8.43. The van der Waals surface area contributed by atoms with Crippen LogP contribution in [0.25, 0.3) is 10.8 Å². The molecule has 1 aliphatic rings. The van der Waals surface area contributed by atoms with E-state index in [0.29, 0.717) is 31.3 Å². The molecule has 0 heterocycles. The lowest BCUT2D eigenvalue weighted by Gasteiger charge is -2.23. The van der Waals surface area contributed by atoms with E-state index in [1.54, 1.807) is 0 Å². The van der Waals surface area contributed by atoms with Gasteiger partial charge in [-0.15, -0.1) is 0 Å². The lowest BCUT2D eigenvalue weighted by Crippen LogP contribution is -2.29. The Bertz CT molecular complexity index is 1150. The van der Waals surface area contributed by atoms with Crippen molar-refractivity contribution in [3.8, 4) is 0 Å². The molecule has 9 heteroatoms. The summed E-state index contributed by atoms with van der Waals surface area (Å²) < 4.78 is 78.3. The summed E-state index contributed by atoms with van der Waals surface area (Å²) in [5.74, 6) is -0.643. The average molecular weight is 480 g/mol. The summed E-state index contributed by atoms with van der Waals surface area (Å²) in [6, 6.07) is 15.3. The van der Waals surface area contributed by atoms with E-state index in [1.807, 2.05) is 42.5 Å². The van der Waals surface area contributed by atoms with Gasteiger partial charge in [0.1, 0.15) is 0 Å². The third kappa shape index (κ3) is 5.88. The Labute approximate surface area is 192 Å². The predicted octanol–water partition coefficient (Wildman–Crippen LogP) is 6.87. The number of fused-ring (bicyclic) bond motifs is 1. The molecular formula is C25H22F6N2O. The van der Waals surface area contributed by atoms with Crippen LogP contribution < -0.4 is 5.32 Å². The maximum absolute atomic E-state index is 13.1. The van der Waals surface area contributed by atoms with E-state index in [0.717, 1.165) is 29.2 Å². The molecular weight excluding hydrogens is 458 g/mol. The number of amides is 1. The minimum atomic E-state index is -4.97. The van der Waals surface area contributed by atoms with Crippen LogP contribution in [0.5, 0.6) is 0 Å². The normalized spacial score (nSPS) is 14.6. The lowest BCUT2D eigenvalue weighted by atomic mass is 10.0. The molecule has 1 N–H and O–H groups in total. The number of carbonyl (C=O) groups excluding carboxylic acids is 1. The summed E-state index contributed by atoms with van der Waals surface area (Å²) >= 11 is 0. The smallest absolute Gasteiger partial charge is 0.326 e. The van der Waals surface area contributed by atoms with E-state index >= 15 is 0 Å². The zero-order valence-corrected chi connectivity index (χ0v) is 18.0. The molecule has 0 spiro atoms. The van der Waals surface area contributed by atoms with Crippen LogP contribution in [0.4, 0.5) is 32.0 Å². The van der Waals surface area contributed by atoms with Gasteiger partial charge in [0.05, 0.1) is 11.1 Å². The quantitative estimate of drug-likeness (QED) is 0.374. The molecule has 4 rings (SSSR count). The fourth-order valence-corrected chi connectivity index (χ4v) is 3.98. The first-order valence-corrected chi connectivity index (χ1v) is 10.8. The van der Waals surface area contributed by atoms with E-state index in [2.05, 4.69) is 10.2 Å². The minimum absolute atomic E-state index is 0.0364. The molecule has 3 aromatic carbocycles. The number of benzene rings is 3. The molecule has 0 saturated heterocycles. The number of nitrogens with zero attached hydrogens (tertiary/aromatic N) is 1. The summed E-state index contributed by atoms with van der Waals surface area (Å²) in [6.07, 6.45) is -8.04. The van der Waals surface area contributed by atoms with Crippen molar-refractivity contribution in [1.82, 2.24) is 4.90 Å². The van der Waals surface area contributed by atoms with Crippen molar-refractivity contribution in [2.24, 2.45) is 0 Å². The van der Waals surface area contributed by atoms with Crippen LogP contribution in [-0.4, -0.2) is 23.4 Å². The number of halogens is 6. The third-order valence-electron chi connectivity index (χ3n) is 5.81. The fourth-order valence-electron chi connectivity index (χ4n) is 3.98. The SMILES string of the molecule is O=C(CCN(Cc1cccc2ccccc12)C1CC1)Nc1cc(C(F)(F)F)cc(C(F)(F)F)c1. The monoisotopic (exact) mass is 480 g/mol. The Hall–Kier alpha value is -3.07. The Morgan fingerprint density at radius 2 is 1.50 bits per heavy atom. The van der Waals surface area contributed by atoms with E-state index < -0.39 is 35.1 Å². The van der Waals surface area contributed by atoms with E-state index in [4.69, 9.17) is 0 Å². The van der Waals surface area contributed by atoms with Crippen LogP contribution in [0.2, 0.25) is 0 Å². The van der Waals surface area contributed by atoms with Crippen LogP contribution in [0, 0.1) is 0 Å². The first-order chi connectivity index (χ1) is 16.0. The van der Waals surface area contributed by atoms with Crippen molar-refractivity contribution in [3.05, 3.63) is 77.4 Å². The Balaban J connectivity index is 1.45. The van der Waals surface area contributed by atoms with Gasteiger partial charge in [0, 0.05) is 31.2 Å². The van der Waals surface area contributed by atoms with Gasteiger partial charge in [-0.1, -0.05) is 42.5 Å². The van der Waals surface area contributed by atoms with Crippen molar-refractivity contribution in [2.75, 3.05) is 11.9 Å². The highest BCUT2D eigenvalue weighted by atomic mass is 19.4. The summed E-state index contributed by atoms with van der Waals surface area (Å²) in [4.78, 5) is 14.6. The standard InChI is InChI=1S/C25H22F6N2O/c26-24(27,28)18-12-19(25(29,30)31)14-20(13-18)32-23(34)10-11-33(21-8-9-21)15-17-6-3-5-16-4-1-2-7-22(16)17/h1-7,12-14,21H,8-11,15H2,(H,32,34). The molecule has 1 amide bonds. The molecule has 1 fully saturated rings. The fraction of sp³-hybridized carbons (Fsp3) is 0.320. The highest BCUT2D eigenvalue weighted by Gasteiger charge is 2.37. The van der Waals surface area contributed by atoms with Gasteiger partial charge in [-0.05, 0) is 47.4 Å². The van der Waals surface area contributed by atoms with E-state index in [1.165, 1.54) is 0 Å². The van der Waals surface area contributed by atoms with Crippen LogP contribution in [0.3, 0.4) is 0 Å². The van der Waals surface area contributed by atoms with Crippen molar-refractivity contribution in [3.63, 3.8) is 0 Å². The van der Waals surface area contributed by atoms with Gasteiger partial charge >= 0.3 is 12.4 Å². The highest BCUT2D eigenvalue weighted by molar-refractivity contribution is 5.91. The van der Waals surface area contributed by atoms with Crippen molar-refractivity contribution >= 4 is 22.4 Å². The molecule has 1 aliphatic carbocycles. The van der Waals surface area contributed by atoms with Crippen LogP contribution >= 0.6 is 0 Å². The van der Waals surface area contributed by atoms with Crippen LogP contribution in [0.15, 0.2) is 60.7 Å². The van der Waals surface area contributed by atoms with Gasteiger partial charge in [-0.3, -0.25) is 9.69 Å². The molecule has 0 atom stereocenters. The minimum Gasteiger partial charge on any atom is -0.326 e. The molecule has 1 saturated carbocycles. The predicted molar refractivity (Wildman–Crippen MR) is 117 cm³/mol. The lowest BCUT2D eigenvalue weighted by molar-refractivity contribution is -0.143. The van der Waals surface area contributed by atoms with Gasteiger partial charge in [-0.25, -0.2) is 0 Å². The second-order valence-electron chi connectivity index (χ2n) is 8.43. The molecule has 0 aliphatic heterocycles. The Morgan fingerprint density at radius 1 is 0.882 bits per heavy atom. The molecule has 0 unspecified atom stereocenters. The van der Waals surface area contributed by atoms with Crippen LogP contribution in [-0.2, 0) is 23.7 Å². The van der Waals surface area contributed by atoms with Gasteiger partial charge in [0.2, 0.25) is 5.91 Å². The Kier molecular flexibility index (Phi) is 6.58. The first kappa shape index (κ1) is 24.1. The molecule has 3 aromatic rings. The van der Waals surface area contributed by atoms with E-state index in [9.17, 15) is 31.1 Å². The topological polar surface area (TPSA) is 32.3 Å². The number of alkyl halides is 6. The third-order valence-corrected chi connectivity index (χ3v) is 5.81. The van der Waals surface area contributed by atoms with Crippen molar-refractivity contribution in [1.29, 1.82) is 0 Å². The first-order valence-electron chi connectivity index (χ1n) is 10.8. The summed E-state index contributed by atoms with van der Waals surface area (Å²) in [5.41, 5.74) is -2.36. The summed E-state index contributed by atoms with van der Waals surface area (Å²) in [6.45, 7) is 0.936. The zero-order valence-electron chi connectivity index (χ0n) is 18.0. The van der Waals surface area contributed by atoms with Gasteiger partial charge in [0.25, 0.3) is 0 Å². The number of nitrogens with one attached hydrogen (secondary N) is 1. The number of hydrogen-bond acceptors (Lipinski definition) is 2. The van der Waals surface area contributed by atoms with Gasteiger partial charge < -0.3 is 5.32 Å². The van der Waals surface area contributed by atoms with Gasteiger partial charge in [0.15, 0.2) is 0 Å². The molecule has 0 bridgehead atoms.